The summed E-state index contributed by atoms with van der Waals surface area (Å²) < 4.78 is 51.0. The van der Waals surface area contributed by atoms with E-state index in [-0.39, 0.29) is 31.0 Å². The molecule has 1 atom stereocenters. The van der Waals surface area contributed by atoms with E-state index in [4.69, 9.17) is 9.47 Å². The first-order chi connectivity index (χ1) is 12.9. The van der Waals surface area contributed by atoms with Crippen LogP contribution in [0.5, 0.6) is 5.75 Å². The Morgan fingerprint density at radius 2 is 2.04 bits per heavy atom. The fourth-order valence-electron chi connectivity index (χ4n) is 2.43. The largest absolute Gasteiger partial charge is 0.573 e. The molecule has 2 rings (SSSR count). The van der Waals surface area contributed by atoms with Gasteiger partial charge in [0.2, 0.25) is 0 Å². The Labute approximate surface area is 160 Å². The number of carbonyl (C=O) groups is 2. The van der Waals surface area contributed by atoms with Crippen LogP contribution in [0.3, 0.4) is 0 Å². The van der Waals surface area contributed by atoms with Gasteiger partial charge in [0.25, 0.3) is 12.2 Å². The highest BCUT2D eigenvalue weighted by molar-refractivity contribution is 5.83. The third-order valence-corrected chi connectivity index (χ3v) is 3.62. The second-order valence-electron chi connectivity index (χ2n) is 7.28. The predicted molar refractivity (Wildman–Crippen MR) is 91.9 cm³/mol. The van der Waals surface area contributed by atoms with Gasteiger partial charge in [0.05, 0.1) is 6.42 Å². The maximum Gasteiger partial charge on any atom is 0.573 e. The lowest BCUT2D eigenvalue weighted by Gasteiger charge is -2.20. The van der Waals surface area contributed by atoms with E-state index >= 15 is 0 Å². The average Bonchev–Trinajstić information content (AvgIpc) is 2.85. The molecule has 0 aliphatic carbocycles. The standard InChI is InChI=1S/C18H23F3N2O5/c1-17(2,3)22-8-7-14(24)27-16-15(25)23(11-26-16)10-12-5-4-6-13(9-12)28-18(19,20)21/h4-6,9,16,22H,7-8,10-11H2,1-3H3. The van der Waals surface area contributed by atoms with Crippen LogP contribution in [-0.2, 0) is 25.6 Å². The lowest BCUT2D eigenvalue weighted by molar-refractivity contribution is -0.274. The van der Waals surface area contributed by atoms with Crippen molar-refractivity contribution in [2.75, 3.05) is 13.3 Å². The molecule has 10 heteroatoms. The summed E-state index contributed by atoms with van der Waals surface area (Å²) in [4.78, 5) is 25.4. The van der Waals surface area contributed by atoms with E-state index in [0.717, 1.165) is 6.07 Å². The molecule has 1 fully saturated rings. The van der Waals surface area contributed by atoms with Gasteiger partial charge in [-0.25, -0.2) is 0 Å². The lowest BCUT2D eigenvalue weighted by Crippen LogP contribution is -2.38. The Morgan fingerprint density at radius 1 is 1.32 bits per heavy atom. The number of alkyl halides is 3. The topological polar surface area (TPSA) is 77.1 Å². The van der Waals surface area contributed by atoms with Crippen molar-refractivity contribution >= 4 is 11.9 Å². The van der Waals surface area contributed by atoms with Gasteiger partial charge in [0.1, 0.15) is 12.5 Å². The first-order valence-electron chi connectivity index (χ1n) is 8.62. The summed E-state index contributed by atoms with van der Waals surface area (Å²) in [6, 6.07) is 5.28. The lowest BCUT2D eigenvalue weighted by atomic mass is 10.1. The number of amides is 1. The van der Waals surface area contributed by atoms with Crippen LogP contribution in [0.25, 0.3) is 0 Å². The van der Waals surface area contributed by atoms with E-state index in [1.165, 1.54) is 17.0 Å². The summed E-state index contributed by atoms with van der Waals surface area (Å²) in [5.41, 5.74) is 0.265. The molecule has 1 saturated heterocycles. The fraction of sp³-hybridized carbons (Fsp3) is 0.556. The normalized spacial score (nSPS) is 17.7. The van der Waals surface area contributed by atoms with Crippen LogP contribution in [0.2, 0.25) is 0 Å². The number of esters is 1. The van der Waals surface area contributed by atoms with E-state index in [0.29, 0.717) is 12.1 Å². The van der Waals surface area contributed by atoms with Crippen molar-refractivity contribution in [3.63, 3.8) is 0 Å². The zero-order valence-electron chi connectivity index (χ0n) is 15.8. The molecule has 0 spiro atoms. The highest BCUT2D eigenvalue weighted by atomic mass is 19.4. The molecule has 0 bridgehead atoms. The minimum absolute atomic E-state index is 0.00643. The van der Waals surface area contributed by atoms with Crippen LogP contribution in [0.15, 0.2) is 24.3 Å². The SMILES string of the molecule is CC(C)(C)NCCC(=O)OC1OCN(Cc2cccc(OC(F)(F)F)c2)C1=O. The number of benzene rings is 1. The second-order valence-corrected chi connectivity index (χ2v) is 7.28. The van der Waals surface area contributed by atoms with Crippen molar-refractivity contribution in [3.05, 3.63) is 29.8 Å². The number of carbonyl (C=O) groups excluding carboxylic acids is 2. The molecule has 1 aliphatic rings. The van der Waals surface area contributed by atoms with Gasteiger partial charge in [0.15, 0.2) is 0 Å². The highest BCUT2D eigenvalue weighted by Gasteiger charge is 2.36. The van der Waals surface area contributed by atoms with E-state index in [1.807, 2.05) is 20.8 Å². The number of nitrogens with zero attached hydrogens (tertiary/aromatic N) is 1. The number of hydrogen-bond donors (Lipinski definition) is 1. The van der Waals surface area contributed by atoms with Gasteiger partial charge >= 0.3 is 12.3 Å². The van der Waals surface area contributed by atoms with Crippen molar-refractivity contribution in [1.29, 1.82) is 0 Å². The van der Waals surface area contributed by atoms with Crippen LogP contribution in [-0.4, -0.2) is 48.2 Å². The third-order valence-electron chi connectivity index (χ3n) is 3.62. The van der Waals surface area contributed by atoms with Crippen LogP contribution in [0.4, 0.5) is 13.2 Å². The number of hydrogen-bond acceptors (Lipinski definition) is 6. The Morgan fingerprint density at radius 3 is 2.68 bits per heavy atom. The zero-order chi connectivity index (χ0) is 20.9. The summed E-state index contributed by atoms with van der Waals surface area (Å²) in [5, 5.41) is 3.12. The summed E-state index contributed by atoms with van der Waals surface area (Å²) >= 11 is 0. The predicted octanol–water partition coefficient (Wildman–Crippen LogP) is 2.55. The molecule has 0 aromatic heterocycles. The second kappa shape index (κ2) is 8.78. The summed E-state index contributed by atoms with van der Waals surface area (Å²) in [7, 11) is 0. The first-order valence-corrected chi connectivity index (χ1v) is 8.62. The van der Waals surface area contributed by atoms with Crippen molar-refractivity contribution in [3.8, 4) is 5.75 Å². The smallest absolute Gasteiger partial charge is 0.426 e. The number of nitrogens with one attached hydrogen (secondary N) is 1. The quantitative estimate of drug-likeness (QED) is 0.704. The molecule has 1 N–H and O–H groups in total. The molecule has 156 valence electrons. The van der Waals surface area contributed by atoms with Crippen LogP contribution in [0.1, 0.15) is 32.8 Å². The molecule has 1 unspecified atom stereocenters. The first kappa shape index (κ1) is 22.0. The molecule has 28 heavy (non-hydrogen) atoms. The van der Waals surface area contributed by atoms with E-state index in [1.54, 1.807) is 6.07 Å². The van der Waals surface area contributed by atoms with Gasteiger partial charge in [-0.2, -0.15) is 0 Å². The molecular formula is C18H23F3N2O5. The summed E-state index contributed by atoms with van der Waals surface area (Å²) in [6.07, 6.45) is -6.08. The molecule has 1 amide bonds. The Hall–Kier alpha value is -2.33. The monoisotopic (exact) mass is 404 g/mol. The van der Waals surface area contributed by atoms with Gasteiger partial charge in [-0.3, -0.25) is 9.59 Å². The van der Waals surface area contributed by atoms with Crippen LogP contribution in [0, 0.1) is 0 Å². The number of rotatable bonds is 7. The van der Waals surface area contributed by atoms with Crippen molar-refractivity contribution in [2.24, 2.45) is 0 Å². The molecule has 0 radical (unpaired) electrons. The van der Waals surface area contributed by atoms with Gasteiger partial charge < -0.3 is 24.4 Å². The molecule has 1 aromatic carbocycles. The van der Waals surface area contributed by atoms with Crippen molar-refractivity contribution in [2.45, 2.75) is 51.9 Å². The number of halogens is 3. The summed E-state index contributed by atoms with van der Waals surface area (Å²) in [6.45, 7) is 6.10. The van der Waals surface area contributed by atoms with Gasteiger partial charge in [-0.1, -0.05) is 12.1 Å². The minimum Gasteiger partial charge on any atom is -0.426 e. The highest BCUT2D eigenvalue weighted by Crippen LogP contribution is 2.24. The maximum atomic E-state index is 12.3. The van der Waals surface area contributed by atoms with E-state index in [9.17, 15) is 22.8 Å². The van der Waals surface area contributed by atoms with Crippen LogP contribution >= 0.6 is 0 Å². The Bertz CT molecular complexity index is 703. The van der Waals surface area contributed by atoms with Gasteiger partial charge in [0, 0.05) is 18.6 Å². The van der Waals surface area contributed by atoms with Gasteiger partial charge in [-0.15, -0.1) is 13.2 Å². The van der Waals surface area contributed by atoms with Crippen molar-refractivity contribution in [1.82, 2.24) is 10.2 Å². The molecular weight excluding hydrogens is 381 g/mol. The van der Waals surface area contributed by atoms with Gasteiger partial charge in [-0.05, 0) is 38.5 Å². The van der Waals surface area contributed by atoms with Crippen LogP contribution < -0.4 is 10.1 Å². The average molecular weight is 404 g/mol. The zero-order valence-corrected chi connectivity index (χ0v) is 15.8. The Balaban J connectivity index is 1.85. The van der Waals surface area contributed by atoms with E-state index < -0.39 is 24.5 Å². The van der Waals surface area contributed by atoms with Crippen molar-refractivity contribution < 1.29 is 37.0 Å². The molecule has 1 aliphatic heterocycles. The Kier molecular flexibility index (Phi) is 6.89. The minimum atomic E-state index is -4.80. The maximum absolute atomic E-state index is 12.3. The fourth-order valence-corrected chi connectivity index (χ4v) is 2.43. The third kappa shape index (κ3) is 7.35. The molecule has 0 saturated carbocycles. The molecule has 7 nitrogen and oxygen atoms in total. The molecule has 1 heterocycles. The number of ether oxygens (including phenoxy) is 3. The summed E-state index contributed by atoms with van der Waals surface area (Å²) in [5.74, 6) is -1.54. The van der Waals surface area contributed by atoms with E-state index in [2.05, 4.69) is 10.1 Å². The molecule has 1 aromatic rings.